The number of hydrogen-bond donors (Lipinski definition) is 2. The topological polar surface area (TPSA) is 32.3 Å². The summed E-state index contributed by atoms with van der Waals surface area (Å²) in [6, 6.07) is 0.626. The van der Waals surface area contributed by atoms with Gasteiger partial charge in [0.1, 0.15) is 0 Å². The third kappa shape index (κ3) is 1.09. The van der Waals surface area contributed by atoms with Crippen molar-refractivity contribution in [2.45, 2.75) is 38.1 Å². The SMILES string of the molecule is OCC12CCCCC1NCC2. The van der Waals surface area contributed by atoms with Gasteiger partial charge >= 0.3 is 0 Å². The Bertz CT molecular complexity index is 148. The Morgan fingerprint density at radius 1 is 1.36 bits per heavy atom. The van der Waals surface area contributed by atoms with Crippen molar-refractivity contribution in [3.8, 4) is 0 Å². The molecule has 2 fully saturated rings. The van der Waals surface area contributed by atoms with E-state index in [9.17, 15) is 5.11 Å². The first-order valence-electron chi connectivity index (χ1n) is 4.72. The number of aliphatic hydroxyl groups is 1. The zero-order chi connectivity index (χ0) is 7.73. The fourth-order valence-electron chi connectivity index (χ4n) is 2.69. The zero-order valence-corrected chi connectivity index (χ0v) is 6.97. The molecule has 1 saturated heterocycles. The third-order valence-corrected chi connectivity index (χ3v) is 3.49. The lowest BCUT2D eigenvalue weighted by Crippen LogP contribution is -2.41. The molecule has 1 heterocycles. The number of rotatable bonds is 1. The molecule has 0 aromatic heterocycles. The van der Waals surface area contributed by atoms with E-state index in [-0.39, 0.29) is 5.41 Å². The van der Waals surface area contributed by atoms with Crippen molar-refractivity contribution in [2.75, 3.05) is 13.2 Å². The van der Waals surface area contributed by atoms with Gasteiger partial charge in [0, 0.05) is 11.5 Å². The first kappa shape index (κ1) is 7.56. The Morgan fingerprint density at radius 2 is 2.27 bits per heavy atom. The molecule has 1 aliphatic heterocycles. The van der Waals surface area contributed by atoms with E-state index >= 15 is 0 Å². The summed E-state index contributed by atoms with van der Waals surface area (Å²) in [4.78, 5) is 0. The van der Waals surface area contributed by atoms with Crippen LogP contribution < -0.4 is 5.32 Å². The van der Waals surface area contributed by atoms with Crippen LogP contribution in [-0.4, -0.2) is 24.3 Å². The second-order valence-electron chi connectivity index (χ2n) is 4.02. The van der Waals surface area contributed by atoms with Crippen LogP contribution in [-0.2, 0) is 0 Å². The van der Waals surface area contributed by atoms with Crippen molar-refractivity contribution >= 4 is 0 Å². The Hall–Kier alpha value is -0.0800. The summed E-state index contributed by atoms with van der Waals surface area (Å²) in [5, 5.41) is 12.8. The molecule has 2 N–H and O–H groups in total. The molecule has 0 radical (unpaired) electrons. The van der Waals surface area contributed by atoms with Crippen molar-refractivity contribution in [3.05, 3.63) is 0 Å². The van der Waals surface area contributed by atoms with Crippen LogP contribution in [0.3, 0.4) is 0 Å². The Kier molecular flexibility index (Phi) is 1.90. The molecule has 2 aliphatic rings. The van der Waals surface area contributed by atoms with Gasteiger partial charge < -0.3 is 10.4 Å². The molecule has 0 amide bonds. The van der Waals surface area contributed by atoms with Crippen LogP contribution in [0.15, 0.2) is 0 Å². The van der Waals surface area contributed by atoms with Gasteiger partial charge in [-0.3, -0.25) is 0 Å². The zero-order valence-electron chi connectivity index (χ0n) is 6.97. The molecule has 0 spiro atoms. The molecule has 2 heteroatoms. The highest BCUT2D eigenvalue weighted by molar-refractivity contribution is 4.98. The molecular formula is C9H17NO. The van der Waals surface area contributed by atoms with Gasteiger partial charge in [-0.25, -0.2) is 0 Å². The van der Waals surface area contributed by atoms with Crippen molar-refractivity contribution < 1.29 is 5.11 Å². The molecule has 64 valence electrons. The molecule has 2 rings (SSSR count). The van der Waals surface area contributed by atoms with E-state index in [1.165, 1.54) is 32.1 Å². The van der Waals surface area contributed by atoms with Gasteiger partial charge in [-0.15, -0.1) is 0 Å². The predicted molar refractivity (Wildman–Crippen MR) is 44.4 cm³/mol. The summed E-state index contributed by atoms with van der Waals surface area (Å²) in [6.45, 7) is 1.51. The Morgan fingerprint density at radius 3 is 3.00 bits per heavy atom. The monoisotopic (exact) mass is 155 g/mol. The molecule has 0 aromatic carbocycles. The fourth-order valence-corrected chi connectivity index (χ4v) is 2.69. The normalized spacial score (nSPS) is 43.9. The molecule has 0 aromatic rings. The number of nitrogens with one attached hydrogen (secondary N) is 1. The molecule has 2 nitrogen and oxygen atoms in total. The van der Waals surface area contributed by atoms with Gasteiger partial charge in [0.05, 0.1) is 6.61 Å². The lowest BCUT2D eigenvalue weighted by molar-refractivity contribution is 0.0756. The average molecular weight is 155 g/mol. The van der Waals surface area contributed by atoms with Crippen LogP contribution in [0, 0.1) is 5.41 Å². The van der Waals surface area contributed by atoms with Crippen molar-refractivity contribution in [1.82, 2.24) is 5.32 Å². The first-order chi connectivity index (χ1) is 5.37. The number of fused-ring (bicyclic) bond motifs is 1. The minimum absolute atomic E-state index is 0.276. The average Bonchev–Trinajstić information content (AvgIpc) is 2.48. The molecular weight excluding hydrogens is 138 g/mol. The molecule has 2 unspecified atom stereocenters. The van der Waals surface area contributed by atoms with E-state index in [0.29, 0.717) is 12.6 Å². The van der Waals surface area contributed by atoms with Crippen LogP contribution in [0.5, 0.6) is 0 Å². The molecule has 1 saturated carbocycles. The summed E-state index contributed by atoms with van der Waals surface area (Å²) < 4.78 is 0. The van der Waals surface area contributed by atoms with Gasteiger partial charge in [0.2, 0.25) is 0 Å². The summed E-state index contributed by atoms with van der Waals surface area (Å²) >= 11 is 0. The van der Waals surface area contributed by atoms with Crippen LogP contribution in [0.1, 0.15) is 32.1 Å². The Labute approximate surface area is 68.0 Å². The van der Waals surface area contributed by atoms with Crippen molar-refractivity contribution in [2.24, 2.45) is 5.41 Å². The summed E-state index contributed by atoms with van der Waals surface area (Å²) in [5.41, 5.74) is 0.276. The molecule has 2 atom stereocenters. The Balaban J connectivity index is 2.12. The minimum Gasteiger partial charge on any atom is -0.396 e. The van der Waals surface area contributed by atoms with Gasteiger partial charge in [0.15, 0.2) is 0 Å². The fraction of sp³-hybridized carbons (Fsp3) is 1.00. The van der Waals surface area contributed by atoms with E-state index in [2.05, 4.69) is 5.32 Å². The lowest BCUT2D eigenvalue weighted by Gasteiger charge is -2.37. The van der Waals surface area contributed by atoms with Gasteiger partial charge in [-0.05, 0) is 25.8 Å². The van der Waals surface area contributed by atoms with Crippen LogP contribution >= 0.6 is 0 Å². The highest BCUT2D eigenvalue weighted by Crippen LogP contribution is 2.41. The second-order valence-corrected chi connectivity index (χ2v) is 4.02. The van der Waals surface area contributed by atoms with Crippen LogP contribution in [0.2, 0.25) is 0 Å². The molecule has 0 bridgehead atoms. The lowest BCUT2D eigenvalue weighted by atomic mass is 9.71. The van der Waals surface area contributed by atoms with Crippen molar-refractivity contribution in [3.63, 3.8) is 0 Å². The third-order valence-electron chi connectivity index (χ3n) is 3.49. The summed E-state index contributed by atoms with van der Waals surface area (Å²) in [5.74, 6) is 0. The summed E-state index contributed by atoms with van der Waals surface area (Å²) in [7, 11) is 0. The standard InChI is InChI=1S/C9H17NO/c11-7-9-4-2-1-3-8(9)10-6-5-9/h8,10-11H,1-7H2. The predicted octanol–water partition coefficient (Wildman–Crippen LogP) is 0.901. The number of hydrogen-bond acceptors (Lipinski definition) is 2. The van der Waals surface area contributed by atoms with Crippen LogP contribution in [0.25, 0.3) is 0 Å². The summed E-state index contributed by atoms with van der Waals surface area (Å²) in [6.07, 6.45) is 6.37. The smallest absolute Gasteiger partial charge is 0.0502 e. The highest BCUT2D eigenvalue weighted by Gasteiger charge is 2.43. The van der Waals surface area contributed by atoms with E-state index < -0.39 is 0 Å². The number of aliphatic hydroxyl groups excluding tert-OH is 1. The van der Waals surface area contributed by atoms with E-state index in [1.54, 1.807) is 0 Å². The largest absolute Gasteiger partial charge is 0.396 e. The molecule has 11 heavy (non-hydrogen) atoms. The van der Waals surface area contributed by atoms with Gasteiger partial charge in [-0.1, -0.05) is 12.8 Å². The molecule has 1 aliphatic carbocycles. The van der Waals surface area contributed by atoms with E-state index in [1.807, 2.05) is 0 Å². The quantitative estimate of drug-likeness (QED) is 0.589. The van der Waals surface area contributed by atoms with E-state index in [0.717, 1.165) is 6.54 Å². The maximum atomic E-state index is 9.31. The second kappa shape index (κ2) is 2.76. The minimum atomic E-state index is 0.276. The van der Waals surface area contributed by atoms with Crippen molar-refractivity contribution in [1.29, 1.82) is 0 Å². The van der Waals surface area contributed by atoms with E-state index in [4.69, 9.17) is 0 Å². The van der Waals surface area contributed by atoms with Gasteiger partial charge in [0.25, 0.3) is 0 Å². The maximum Gasteiger partial charge on any atom is 0.0502 e. The van der Waals surface area contributed by atoms with Gasteiger partial charge in [-0.2, -0.15) is 0 Å². The highest BCUT2D eigenvalue weighted by atomic mass is 16.3. The first-order valence-corrected chi connectivity index (χ1v) is 4.72. The maximum absolute atomic E-state index is 9.31. The van der Waals surface area contributed by atoms with Crippen LogP contribution in [0.4, 0.5) is 0 Å².